The number of methoxy groups -OCH3 is 1. The van der Waals surface area contributed by atoms with Crippen LogP contribution in [0.1, 0.15) is 5.82 Å². The van der Waals surface area contributed by atoms with E-state index in [0.717, 1.165) is 49.3 Å². The van der Waals surface area contributed by atoms with Crippen LogP contribution in [0.3, 0.4) is 0 Å². The highest BCUT2D eigenvalue weighted by atomic mass is 32.1. The number of aromatic amines is 1. The number of hydrogen-bond acceptors (Lipinski definition) is 5. The van der Waals surface area contributed by atoms with E-state index in [2.05, 4.69) is 33.4 Å². The lowest BCUT2D eigenvalue weighted by Gasteiger charge is -2.04. The van der Waals surface area contributed by atoms with E-state index < -0.39 is 0 Å². The van der Waals surface area contributed by atoms with Crippen LogP contribution in [0.2, 0.25) is 0 Å². The number of rotatable bonds is 3. The molecular weight excluding hydrogens is 346 g/mol. The number of aryl methyl sites for hydroxylation is 1. The first kappa shape index (κ1) is 15.1. The van der Waals surface area contributed by atoms with Gasteiger partial charge >= 0.3 is 0 Å². The Hall–Kier alpha value is -3.19. The summed E-state index contributed by atoms with van der Waals surface area (Å²) in [4.78, 5) is 4.32. The molecule has 1 N–H and O–H groups in total. The third-order valence-electron chi connectivity index (χ3n) is 4.43. The van der Waals surface area contributed by atoms with Gasteiger partial charge in [0.1, 0.15) is 5.75 Å². The van der Waals surface area contributed by atoms with Gasteiger partial charge in [-0.3, -0.25) is 0 Å². The zero-order chi connectivity index (χ0) is 17.7. The lowest BCUT2D eigenvalue weighted by molar-refractivity contribution is 0.415. The van der Waals surface area contributed by atoms with Crippen molar-refractivity contribution in [3.8, 4) is 27.6 Å². The maximum absolute atomic E-state index is 5.43. The first-order valence-corrected chi connectivity index (χ1v) is 9.00. The van der Waals surface area contributed by atoms with Crippen LogP contribution in [0.15, 0.2) is 48.5 Å². The van der Waals surface area contributed by atoms with E-state index in [1.807, 2.05) is 37.3 Å². The Bertz CT molecular complexity index is 1240. The van der Waals surface area contributed by atoms with Gasteiger partial charge in [0, 0.05) is 16.5 Å². The minimum absolute atomic E-state index is 0.779. The SMILES string of the molecule is COc1ccc2[nH]c(-c3nn4c(C)nnc4s3)c(-c3ccccc3)c2c1. The second-order valence-electron chi connectivity index (χ2n) is 6.00. The van der Waals surface area contributed by atoms with Crippen molar-refractivity contribution >= 4 is 27.2 Å². The third-order valence-corrected chi connectivity index (χ3v) is 5.35. The van der Waals surface area contributed by atoms with Crippen LogP contribution >= 0.6 is 11.3 Å². The van der Waals surface area contributed by atoms with Crippen molar-refractivity contribution < 1.29 is 4.74 Å². The third kappa shape index (κ3) is 2.21. The molecule has 0 aliphatic heterocycles. The minimum Gasteiger partial charge on any atom is -0.497 e. The molecule has 5 rings (SSSR count). The maximum atomic E-state index is 5.43. The van der Waals surface area contributed by atoms with E-state index >= 15 is 0 Å². The van der Waals surface area contributed by atoms with Crippen molar-refractivity contribution in [2.24, 2.45) is 0 Å². The van der Waals surface area contributed by atoms with Gasteiger partial charge in [-0.05, 0) is 30.7 Å². The maximum Gasteiger partial charge on any atom is 0.235 e. The van der Waals surface area contributed by atoms with E-state index in [-0.39, 0.29) is 0 Å². The molecule has 0 unspecified atom stereocenters. The Morgan fingerprint density at radius 3 is 2.69 bits per heavy atom. The van der Waals surface area contributed by atoms with Crippen LogP contribution in [-0.2, 0) is 0 Å². The molecule has 128 valence electrons. The first-order valence-electron chi connectivity index (χ1n) is 8.19. The van der Waals surface area contributed by atoms with E-state index in [0.29, 0.717) is 0 Å². The molecule has 0 radical (unpaired) electrons. The number of hydrogen-bond donors (Lipinski definition) is 1. The van der Waals surface area contributed by atoms with Crippen molar-refractivity contribution in [3.63, 3.8) is 0 Å². The van der Waals surface area contributed by atoms with Crippen LogP contribution in [0.5, 0.6) is 5.75 Å². The fourth-order valence-corrected chi connectivity index (χ4v) is 4.07. The molecule has 0 bridgehead atoms. The quantitative estimate of drug-likeness (QED) is 0.520. The fraction of sp³-hybridized carbons (Fsp3) is 0.105. The van der Waals surface area contributed by atoms with Gasteiger partial charge in [-0.2, -0.15) is 9.61 Å². The molecule has 3 aromatic heterocycles. The molecule has 0 aliphatic carbocycles. The Labute approximate surface area is 153 Å². The molecular formula is C19H15N5OS. The summed E-state index contributed by atoms with van der Waals surface area (Å²) in [5, 5.41) is 15.0. The van der Waals surface area contributed by atoms with Crippen LogP contribution < -0.4 is 4.74 Å². The van der Waals surface area contributed by atoms with Crippen LogP contribution in [0.25, 0.3) is 37.7 Å². The lowest BCUT2D eigenvalue weighted by atomic mass is 10.0. The first-order chi connectivity index (χ1) is 12.7. The summed E-state index contributed by atoms with van der Waals surface area (Å²) in [5.74, 6) is 1.61. The number of fused-ring (bicyclic) bond motifs is 2. The van der Waals surface area contributed by atoms with Gasteiger partial charge in [-0.1, -0.05) is 41.7 Å². The average molecular weight is 361 g/mol. The summed E-state index contributed by atoms with van der Waals surface area (Å²) >= 11 is 1.52. The predicted octanol–water partition coefficient (Wildman–Crippen LogP) is 4.32. The molecule has 0 saturated heterocycles. The molecule has 0 spiro atoms. The summed E-state index contributed by atoms with van der Waals surface area (Å²) in [6.45, 7) is 1.90. The molecule has 3 heterocycles. The molecule has 0 aliphatic rings. The lowest BCUT2D eigenvalue weighted by Crippen LogP contribution is -1.89. The monoisotopic (exact) mass is 361 g/mol. The van der Waals surface area contributed by atoms with E-state index in [4.69, 9.17) is 9.84 Å². The molecule has 26 heavy (non-hydrogen) atoms. The Kier molecular flexibility index (Phi) is 3.29. The van der Waals surface area contributed by atoms with Crippen molar-refractivity contribution in [2.75, 3.05) is 7.11 Å². The zero-order valence-electron chi connectivity index (χ0n) is 14.2. The van der Waals surface area contributed by atoms with Gasteiger partial charge in [0.05, 0.1) is 12.8 Å². The fourth-order valence-electron chi connectivity index (χ4n) is 3.18. The highest BCUT2D eigenvalue weighted by molar-refractivity contribution is 7.19. The number of benzene rings is 2. The van der Waals surface area contributed by atoms with Crippen LogP contribution in [-0.4, -0.2) is 31.9 Å². The Morgan fingerprint density at radius 2 is 1.92 bits per heavy atom. The molecule has 0 atom stereocenters. The Morgan fingerprint density at radius 1 is 1.08 bits per heavy atom. The Balaban J connectivity index is 1.83. The van der Waals surface area contributed by atoms with Crippen molar-refractivity contribution in [1.29, 1.82) is 0 Å². The van der Waals surface area contributed by atoms with Gasteiger partial charge in [0.2, 0.25) is 4.96 Å². The van der Waals surface area contributed by atoms with Gasteiger partial charge < -0.3 is 9.72 Å². The molecule has 7 heteroatoms. The average Bonchev–Trinajstić information content (AvgIpc) is 3.35. The zero-order valence-corrected chi connectivity index (χ0v) is 15.0. The number of nitrogens with zero attached hydrogens (tertiary/aromatic N) is 4. The van der Waals surface area contributed by atoms with Crippen LogP contribution in [0, 0.1) is 6.92 Å². The van der Waals surface area contributed by atoms with Gasteiger partial charge in [0.15, 0.2) is 10.8 Å². The molecule has 5 aromatic rings. The number of ether oxygens (including phenoxy) is 1. The smallest absolute Gasteiger partial charge is 0.235 e. The molecule has 0 amide bonds. The van der Waals surface area contributed by atoms with Crippen LogP contribution in [0.4, 0.5) is 0 Å². The second kappa shape index (κ2) is 5.67. The van der Waals surface area contributed by atoms with Crippen molar-refractivity contribution in [3.05, 3.63) is 54.4 Å². The van der Waals surface area contributed by atoms with Crippen molar-refractivity contribution in [2.45, 2.75) is 6.92 Å². The van der Waals surface area contributed by atoms with Gasteiger partial charge in [-0.25, -0.2) is 0 Å². The topological polar surface area (TPSA) is 68.1 Å². The molecule has 6 nitrogen and oxygen atoms in total. The van der Waals surface area contributed by atoms with E-state index in [9.17, 15) is 0 Å². The highest BCUT2D eigenvalue weighted by Gasteiger charge is 2.20. The van der Waals surface area contributed by atoms with E-state index in [1.165, 1.54) is 11.3 Å². The largest absolute Gasteiger partial charge is 0.497 e. The summed E-state index contributed by atoms with van der Waals surface area (Å²) in [6.07, 6.45) is 0. The predicted molar refractivity (Wildman–Crippen MR) is 103 cm³/mol. The summed E-state index contributed by atoms with van der Waals surface area (Å²) in [7, 11) is 1.68. The van der Waals surface area contributed by atoms with E-state index in [1.54, 1.807) is 11.6 Å². The van der Waals surface area contributed by atoms with Gasteiger partial charge in [0.25, 0.3) is 0 Å². The number of H-pyrrole nitrogens is 1. The number of aromatic nitrogens is 5. The normalized spacial score (nSPS) is 11.5. The number of nitrogens with one attached hydrogen (secondary N) is 1. The summed E-state index contributed by atoms with van der Waals surface area (Å²) < 4.78 is 7.21. The highest BCUT2D eigenvalue weighted by Crippen LogP contribution is 2.40. The summed E-state index contributed by atoms with van der Waals surface area (Å²) in [5.41, 5.74) is 4.27. The summed E-state index contributed by atoms with van der Waals surface area (Å²) in [6, 6.07) is 16.4. The standard InChI is InChI=1S/C19H15N5OS/c1-11-21-22-19-24(11)23-18(26-19)17-16(12-6-4-3-5-7-12)14-10-13(25-2)8-9-15(14)20-17/h3-10,20H,1-2H3. The molecule has 0 saturated carbocycles. The van der Waals surface area contributed by atoms with Crippen molar-refractivity contribution in [1.82, 2.24) is 24.8 Å². The minimum atomic E-state index is 0.779. The molecule has 0 fully saturated rings. The second-order valence-corrected chi connectivity index (χ2v) is 6.96. The molecule has 2 aromatic carbocycles. The van der Waals surface area contributed by atoms with Gasteiger partial charge in [-0.15, -0.1) is 10.2 Å².